The topological polar surface area (TPSA) is 50.4 Å². The predicted molar refractivity (Wildman–Crippen MR) is 70.6 cm³/mol. The molecule has 0 saturated carbocycles. The van der Waals surface area contributed by atoms with Crippen LogP contribution in [0.1, 0.15) is 10.4 Å². The lowest BCUT2D eigenvalue weighted by Gasteiger charge is -2.09. The van der Waals surface area contributed by atoms with Crippen LogP contribution in [-0.4, -0.2) is 13.0 Å². The zero-order valence-corrected chi connectivity index (χ0v) is 10.2. The highest BCUT2D eigenvalue weighted by atomic mass is 19.1. The summed E-state index contributed by atoms with van der Waals surface area (Å²) in [7, 11) is 1.54. The largest absolute Gasteiger partial charge is 0.497 e. The van der Waals surface area contributed by atoms with Crippen LogP contribution in [0.15, 0.2) is 36.4 Å². The molecule has 4 nitrogen and oxygen atoms in total. The Morgan fingerprint density at radius 1 is 1.00 bits per heavy atom. The highest BCUT2D eigenvalue weighted by Crippen LogP contribution is 2.33. The SMILES string of the molecule is COc1ccc2c(c1)C(=O)Nc1cc(F)ccc1N2. The summed E-state index contributed by atoms with van der Waals surface area (Å²) in [5, 5.41) is 5.78. The van der Waals surface area contributed by atoms with Crippen LogP contribution in [-0.2, 0) is 0 Å². The summed E-state index contributed by atoms with van der Waals surface area (Å²) in [5.74, 6) is -0.108. The van der Waals surface area contributed by atoms with E-state index in [4.69, 9.17) is 4.74 Å². The number of amides is 1. The van der Waals surface area contributed by atoms with Crippen LogP contribution in [0.3, 0.4) is 0 Å². The molecule has 2 aromatic carbocycles. The molecule has 0 radical (unpaired) electrons. The van der Waals surface area contributed by atoms with Gasteiger partial charge in [-0.1, -0.05) is 0 Å². The molecule has 96 valence electrons. The molecule has 0 bridgehead atoms. The van der Waals surface area contributed by atoms with E-state index in [1.54, 1.807) is 24.3 Å². The minimum atomic E-state index is -0.399. The fourth-order valence-electron chi connectivity index (χ4n) is 2.01. The number of benzene rings is 2. The van der Waals surface area contributed by atoms with E-state index >= 15 is 0 Å². The molecular formula is C14H11FN2O2. The Balaban J connectivity index is 2.12. The van der Waals surface area contributed by atoms with Gasteiger partial charge < -0.3 is 15.4 Å². The lowest BCUT2D eigenvalue weighted by molar-refractivity contribution is 0.102. The number of rotatable bonds is 1. The van der Waals surface area contributed by atoms with Crippen molar-refractivity contribution in [3.8, 4) is 5.75 Å². The quantitative estimate of drug-likeness (QED) is 0.826. The van der Waals surface area contributed by atoms with Crippen molar-refractivity contribution in [2.45, 2.75) is 0 Å². The first-order valence-electron chi connectivity index (χ1n) is 5.73. The van der Waals surface area contributed by atoms with Gasteiger partial charge in [0.2, 0.25) is 0 Å². The van der Waals surface area contributed by atoms with Gasteiger partial charge in [-0.25, -0.2) is 4.39 Å². The lowest BCUT2D eigenvalue weighted by Crippen LogP contribution is -2.10. The van der Waals surface area contributed by atoms with Crippen LogP contribution >= 0.6 is 0 Å². The van der Waals surface area contributed by atoms with E-state index in [0.29, 0.717) is 28.4 Å². The molecule has 5 heteroatoms. The van der Waals surface area contributed by atoms with Crippen molar-refractivity contribution in [2.24, 2.45) is 0 Å². The molecule has 0 aliphatic carbocycles. The van der Waals surface area contributed by atoms with E-state index in [-0.39, 0.29) is 5.91 Å². The molecule has 0 atom stereocenters. The summed E-state index contributed by atoms with van der Waals surface area (Å²) in [6.07, 6.45) is 0. The Morgan fingerprint density at radius 2 is 1.79 bits per heavy atom. The molecule has 3 rings (SSSR count). The van der Waals surface area contributed by atoms with Gasteiger partial charge in [-0.15, -0.1) is 0 Å². The molecule has 0 spiro atoms. The van der Waals surface area contributed by atoms with Crippen LogP contribution in [0.4, 0.5) is 21.5 Å². The maximum absolute atomic E-state index is 13.2. The average molecular weight is 258 g/mol. The molecule has 0 aromatic heterocycles. The maximum Gasteiger partial charge on any atom is 0.257 e. The summed E-state index contributed by atoms with van der Waals surface area (Å²) >= 11 is 0. The second-order valence-corrected chi connectivity index (χ2v) is 4.18. The zero-order valence-electron chi connectivity index (χ0n) is 10.2. The van der Waals surface area contributed by atoms with Crippen LogP contribution in [0.25, 0.3) is 0 Å². The van der Waals surface area contributed by atoms with Gasteiger partial charge >= 0.3 is 0 Å². The van der Waals surface area contributed by atoms with E-state index in [1.807, 2.05) is 0 Å². The summed E-state index contributed by atoms with van der Waals surface area (Å²) in [6, 6.07) is 9.36. The van der Waals surface area contributed by atoms with Crippen molar-refractivity contribution < 1.29 is 13.9 Å². The number of fused-ring (bicyclic) bond motifs is 2. The van der Waals surface area contributed by atoms with E-state index in [2.05, 4.69) is 10.6 Å². The van der Waals surface area contributed by atoms with Crippen molar-refractivity contribution in [2.75, 3.05) is 17.7 Å². The lowest BCUT2D eigenvalue weighted by atomic mass is 10.1. The Morgan fingerprint density at radius 3 is 2.58 bits per heavy atom. The van der Waals surface area contributed by atoms with Crippen molar-refractivity contribution in [1.82, 2.24) is 0 Å². The van der Waals surface area contributed by atoms with Gasteiger partial charge in [0, 0.05) is 0 Å². The zero-order chi connectivity index (χ0) is 13.4. The van der Waals surface area contributed by atoms with Crippen LogP contribution in [0.2, 0.25) is 0 Å². The second kappa shape index (κ2) is 4.28. The normalized spacial score (nSPS) is 12.6. The molecule has 0 unspecified atom stereocenters. The van der Waals surface area contributed by atoms with E-state index < -0.39 is 5.82 Å². The number of hydrogen-bond acceptors (Lipinski definition) is 3. The van der Waals surface area contributed by atoms with E-state index in [9.17, 15) is 9.18 Å². The van der Waals surface area contributed by atoms with Crippen LogP contribution in [0, 0.1) is 5.82 Å². The van der Waals surface area contributed by atoms with Crippen LogP contribution in [0.5, 0.6) is 5.75 Å². The van der Waals surface area contributed by atoms with Crippen LogP contribution < -0.4 is 15.4 Å². The van der Waals surface area contributed by atoms with E-state index in [0.717, 1.165) is 0 Å². The van der Waals surface area contributed by atoms with Gasteiger partial charge in [-0.2, -0.15) is 0 Å². The van der Waals surface area contributed by atoms with Crippen molar-refractivity contribution in [3.63, 3.8) is 0 Å². The second-order valence-electron chi connectivity index (χ2n) is 4.18. The van der Waals surface area contributed by atoms with Gasteiger partial charge in [0.25, 0.3) is 5.91 Å². The van der Waals surface area contributed by atoms with E-state index in [1.165, 1.54) is 19.2 Å². The number of methoxy groups -OCH3 is 1. The molecule has 0 saturated heterocycles. The Hall–Kier alpha value is -2.56. The summed E-state index contributed by atoms with van der Waals surface area (Å²) in [6.45, 7) is 0. The number of nitrogens with one attached hydrogen (secondary N) is 2. The van der Waals surface area contributed by atoms with Crippen molar-refractivity contribution in [1.29, 1.82) is 0 Å². The molecule has 0 fully saturated rings. The number of hydrogen-bond donors (Lipinski definition) is 2. The molecule has 2 N–H and O–H groups in total. The molecule has 1 amide bonds. The third-order valence-electron chi connectivity index (χ3n) is 2.97. The molecular weight excluding hydrogens is 247 g/mol. The number of ether oxygens (including phenoxy) is 1. The summed E-state index contributed by atoms with van der Waals surface area (Å²) in [5.41, 5.74) is 2.18. The summed E-state index contributed by atoms with van der Waals surface area (Å²) < 4.78 is 18.3. The smallest absolute Gasteiger partial charge is 0.257 e. The van der Waals surface area contributed by atoms with Gasteiger partial charge in [0.15, 0.2) is 0 Å². The van der Waals surface area contributed by atoms with Gasteiger partial charge in [0.1, 0.15) is 11.6 Å². The molecule has 2 aromatic rings. The standard InChI is InChI=1S/C14H11FN2O2/c1-19-9-3-5-11-10(7-9)14(18)17-13-6-8(15)2-4-12(13)16-11/h2-7,16H,1H3,(H,17,18). The highest BCUT2D eigenvalue weighted by Gasteiger charge is 2.19. The third-order valence-corrected chi connectivity index (χ3v) is 2.97. The number of halogens is 1. The Labute approximate surface area is 109 Å². The highest BCUT2D eigenvalue weighted by molar-refractivity contribution is 6.12. The Kier molecular flexibility index (Phi) is 2.59. The minimum Gasteiger partial charge on any atom is -0.497 e. The minimum absolute atomic E-state index is 0.300. The average Bonchev–Trinajstić information content (AvgIpc) is 2.54. The third kappa shape index (κ3) is 1.99. The fourth-order valence-corrected chi connectivity index (χ4v) is 2.01. The van der Waals surface area contributed by atoms with Crippen molar-refractivity contribution >= 4 is 23.0 Å². The fraction of sp³-hybridized carbons (Fsp3) is 0.0714. The molecule has 1 heterocycles. The number of carbonyl (C=O) groups is 1. The Bertz CT molecular complexity index is 670. The summed E-state index contributed by atoms with van der Waals surface area (Å²) in [4.78, 5) is 12.1. The monoisotopic (exact) mass is 258 g/mol. The maximum atomic E-state index is 13.2. The first kappa shape index (κ1) is 11.5. The number of anilines is 3. The predicted octanol–water partition coefficient (Wildman–Crippen LogP) is 3.14. The molecule has 1 aliphatic rings. The first-order chi connectivity index (χ1) is 9.17. The molecule has 1 aliphatic heterocycles. The number of carbonyl (C=O) groups excluding carboxylic acids is 1. The molecule has 19 heavy (non-hydrogen) atoms. The first-order valence-corrected chi connectivity index (χ1v) is 5.73. The van der Waals surface area contributed by atoms with Gasteiger partial charge in [-0.05, 0) is 36.4 Å². The van der Waals surface area contributed by atoms with Crippen molar-refractivity contribution in [3.05, 3.63) is 47.8 Å². The van der Waals surface area contributed by atoms with Gasteiger partial charge in [0.05, 0.1) is 29.7 Å². The van der Waals surface area contributed by atoms with Gasteiger partial charge in [-0.3, -0.25) is 4.79 Å².